The average Bonchev–Trinajstić information content (AvgIpc) is 3.39. The summed E-state index contributed by atoms with van der Waals surface area (Å²) in [4.78, 5) is 44.2. The fourth-order valence-electron chi connectivity index (χ4n) is 6.10. The van der Waals surface area contributed by atoms with Crippen LogP contribution < -0.4 is 10.2 Å². The van der Waals surface area contributed by atoms with Gasteiger partial charge in [0.05, 0.1) is 17.5 Å². The van der Waals surface area contributed by atoms with E-state index in [0.717, 1.165) is 17.7 Å². The molecule has 2 aromatic carbocycles. The van der Waals surface area contributed by atoms with Gasteiger partial charge >= 0.3 is 0 Å². The van der Waals surface area contributed by atoms with Crippen molar-refractivity contribution in [3.05, 3.63) is 57.0 Å². The maximum atomic E-state index is 13.8. The number of fused-ring (bicyclic) bond motifs is 7. The van der Waals surface area contributed by atoms with Crippen LogP contribution in [0.4, 0.5) is 11.4 Å². The predicted molar refractivity (Wildman–Crippen MR) is 117 cm³/mol. The van der Waals surface area contributed by atoms with Gasteiger partial charge in [-0.15, -0.1) is 0 Å². The van der Waals surface area contributed by atoms with Gasteiger partial charge < -0.3 is 5.32 Å². The number of anilines is 2. The van der Waals surface area contributed by atoms with E-state index in [1.165, 1.54) is 0 Å². The summed E-state index contributed by atoms with van der Waals surface area (Å²) in [5.74, 6) is -2.47. The van der Waals surface area contributed by atoms with Crippen molar-refractivity contribution in [2.24, 2.45) is 11.8 Å². The topological polar surface area (TPSA) is 69.7 Å². The van der Waals surface area contributed by atoms with E-state index in [1.54, 1.807) is 36.4 Å². The Morgan fingerprint density at radius 3 is 2.42 bits per heavy atom. The van der Waals surface area contributed by atoms with Gasteiger partial charge in [0, 0.05) is 32.4 Å². The quantitative estimate of drug-likeness (QED) is 0.630. The van der Waals surface area contributed by atoms with Gasteiger partial charge in [-0.05, 0) is 55.8 Å². The highest BCUT2D eigenvalue weighted by atomic mass is 35.5. The highest BCUT2D eigenvalue weighted by molar-refractivity contribution is 6.36. The van der Waals surface area contributed by atoms with Crippen molar-refractivity contribution in [3.8, 4) is 0 Å². The molecule has 31 heavy (non-hydrogen) atoms. The number of imide groups is 1. The van der Waals surface area contributed by atoms with Crippen LogP contribution in [0.3, 0.4) is 0 Å². The fourth-order valence-corrected chi connectivity index (χ4v) is 6.78. The lowest BCUT2D eigenvalue weighted by molar-refractivity contribution is -0.135. The van der Waals surface area contributed by atoms with Crippen molar-refractivity contribution in [1.29, 1.82) is 0 Å². The Kier molecular flexibility index (Phi) is 4.07. The molecule has 4 aliphatic heterocycles. The van der Waals surface area contributed by atoms with Gasteiger partial charge in [0.1, 0.15) is 5.54 Å². The maximum Gasteiger partial charge on any atom is 0.250 e. The Balaban J connectivity index is 1.57. The van der Waals surface area contributed by atoms with Crippen LogP contribution in [0, 0.1) is 11.8 Å². The lowest BCUT2D eigenvalue weighted by Crippen LogP contribution is -2.54. The van der Waals surface area contributed by atoms with Gasteiger partial charge in [0.25, 0.3) is 0 Å². The van der Waals surface area contributed by atoms with Gasteiger partial charge in [-0.1, -0.05) is 34.8 Å². The zero-order valence-corrected chi connectivity index (χ0v) is 18.3. The normalized spacial score (nSPS) is 31.4. The zero-order chi connectivity index (χ0) is 21.7. The monoisotopic (exact) mass is 475 g/mol. The first-order chi connectivity index (χ1) is 14.8. The predicted octanol–water partition coefficient (Wildman–Crippen LogP) is 4.08. The van der Waals surface area contributed by atoms with Crippen molar-refractivity contribution in [2.75, 3.05) is 16.8 Å². The molecule has 4 heterocycles. The number of carbonyl (C=O) groups is 3. The van der Waals surface area contributed by atoms with Crippen LogP contribution in [0.25, 0.3) is 0 Å². The number of hydrogen-bond acceptors (Lipinski definition) is 4. The number of nitrogens with one attached hydrogen (secondary N) is 1. The molecule has 2 aromatic rings. The van der Waals surface area contributed by atoms with E-state index < -0.39 is 23.3 Å². The molecule has 0 aliphatic carbocycles. The first-order valence-corrected chi connectivity index (χ1v) is 11.2. The molecular formula is C22H16Cl3N3O3. The second-order valence-electron chi connectivity index (χ2n) is 8.46. The van der Waals surface area contributed by atoms with Crippen LogP contribution in [0.15, 0.2) is 36.4 Å². The molecule has 9 heteroatoms. The molecule has 4 aliphatic rings. The number of benzene rings is 2. The summed E-state index contributed by atoms with van der Waals surface area (Å²) in [5, 5.41) is 4.06. The summed E-state index contributed by atoms with van der Waals surface area (Å²) in [5.41, 5.74) is 0.365. The Labute approximate surface area is 193 Å². The zero-order valence-electron chi connectivity index (χ0n) is 16.1. The Hall–Kier alpha value is -2.12. The lowest BCUT2D eigenvalue weighted by Gasteiger charge is -2.36. The van der Waals surface area contributed by atoms with Crippen LogP contribution in [0.5, 0.6) is 0 Å². The smallest absolute Gasteiger partial charge is 0.250 e. The van der Waals surface area contributed by atoms with E-state index in [9.17, 15) is 14.4 Å². The number of halogens is 3. The molecule has 1 spiro atoms. The molecule has 4 atom stereocenters. The van der Waals surface area contributed by atoms with E-state index in [0.29, 0.717) is 38.6 Å². The van der Waals surface area contributed by atoms with Crippen LogP contribution >= 0.6 is 34.8 Å². The summed E-state index contributed by atoms with van der Waals surface area (Å²) in [6, 6.07) is 9.63. The fraction of sp³-hybridized carbons (Fsp3) is 0.318. The Morgan fingerprint density at radius 2 is 1.68 bits per heavy atom. The molecule has 0 bridgehead atoms. The first-order valence-electron chi connectivity index (χ1n) is 10.1. The number of nitrogens with zero attached hydrogens (tertiary/aromatic N) is 2. The summed E-state index contributed by atoms with van der Waals surface area (Å²) >= 11 is 18.6. The van der Waals surface area contributed by atoms with E-state index >= 15 is 0 Å². The third-order valence-electron chi connectivity index (χ3n) is 7.06. The van der Waals surface area contributed by atoms with Crippen molar-refractivity contribution in [1.82, 2.24) is 4.90 Å². The van der Waals surface area contributed by atoms with Crippen LogP contribution in [-0.2, 0) is 19.9 Å². The van der Waals surface area contributed by atoms with Gasteiger partial charge in [-0.3, -0.25) is 19.3 Å². The minimum atomic E-state index is -1.25. The molecule has 6 rings (SSSR count). The van der Waals surface area contributed by atoms with E-state index in [-0.39, 0.29) is 17.9 Å². The van der Waals surface area contributed by atoms with Gasteiger partial charge in [0.15, 0.2) is 0 Å². The molecule has 3 amide bonds. The molecule has 3 fully saturated rings. The van der Waals surface area contributed by atoms with Crippen molar-refractivity contribution < 1.29 is 14.4 Å². The van der Waals surface area contributed by atoms with Crippen molar-refractivity contribution in [2.45, 2.75) is 24.4 Å². The molecular weight excluding hydrogens is 461 g/mol. The van der Waals surface area contributed by atoms with Crippen LogP contribution in [-0.4, -0.2) is 35.2 Å². The maximum absolute atomic E-state index is 13.8. The number of hydrogen-bond donors (Lipinski definition) is 1. The number of rotatable bonds is 1. The highest BCUT2D eigenvalue weighted by Gasteiger charge is 2.74. The summed E-state index contributed by atoms with van der Waals surface area (Å²) in [6.07, 6.45) is 1.60. The molecule has 0 unspecified atom stereocenters. The summed E-state index contributed by atoms with van der Waals surface area (Å²) < 4.78 is 0. The van der Waals surface area contributed by atoms with Gasteiger partial charge in [-0.2, -0.15) is 0 Å². The van der Waals surface area contributed by atoms with Crippen LogP contribution in [0.2, 0.25) is 15.1 Å². The summed E-state index contributed by atoms with van der Waals surface area (Å²) in [6.45, 7) is 0.639. The SMILES string of the molecule is O=C1[C@@H]2[C@@H]3CCCN3[C@]3(C(=O)Nc4ccc(Cl)cc43)[C@H]2C(=O)N1c1cc(Cl)cc(Cl)c1. The number of carbonyl (C=O) groups excluding carboxylic acids is 3. The standard InChI is InChI=1S/C22H16Cl3N3O3/c23-10-3-4-15-14(9-10)22(21(31)26-15)18-17(16-2-1-5-27(16)22)19(29)28(20(18)30)13-7-11(24)6-12(25)8-13/h3-4,6-9,16-18H,1-2,5H2,(H,26,31)/t16-,17+,18+,22-/m0/s1. The third-order valence-corrected chi connectivity index (χ3v) is 7.73. The van der Waals surface area contributed by atoms with Gasteiger partial charge in [0.2, 0.25) is 17.7 Å². The van der Waals surface area contributed by atoms with E-state index in [4.69, 9.17) is 34.8 Å². The first kappa shape index (κ1) is 19.6. The molecule has 0 aromatic heterocycles. The summed E-state index contributed by atoms with van der Waals surface area (Å²) in [7, 11) is 0. The van der Waals surface area contributed by atoms with E-state index in [2.05, 4.69) is 10.2 Å². The van der Waals surface area contributed by atoms with Crippen molar-refractivity contribution in [3.63, 3.8) is 0 Å². The lowest BCUT2D eigenvalue weighted by atomic mass is 9.75. The average molecular weight is 477 g/mol. The molecule has 3 saturated heterocycles. The second-order valence-corrected chi connectivity index (χ2v) is 9.77. The molecule has 1 N–H and O–H groups in total. The van der Waals surface area contributed by atoms with Crippen LogP contribution in [0.1, 0.15) is 18.4 Å². The van der Waals surface area contributed by atoms with E-state index in [1.807, 2.05) is 0 Å². The minimum Gasteiger partial charge on any atom is -0.324 e. The molecule has 6 nitrogen and oxygen atoms in total. The number of amides is 3. The molecule has 158 valence electrons. The largest absolute Gasteiger partial charge is 0.324 e. The molecule has 0 saturated carbocycles. The Bertz CT molecular complexity index is 1180. The van der Waals surface area contributed by atoms with Gasteiger partial charge in [-0.25, -0.2) is 4.90 Å². The highest BCUT2D eigenvalue weighted by Crippen LogP contribution is 2.61. The minimum absolute atomic E-state index is 0.197. The molecule has 0 radical (unpaired) electrons. The Morgan fingerprint density at radius 1 is 0.935 bits per heavy atom. The van der Waals surface area contributed by atoms with Crippen molar-refractivity contribution >= 4 is 63.9 Å². The third kappa shape index (κ3) is 2.36. The second kappa shape index (κ2) is 6.45.